The number of benzene rings is 1. The van der Waals surface area contributed by atoms with E-state index < -0.39 is 39.4 Å². The van der Waals surface area contributed by atoms with E-state index in [1.807, 2.05) is 0 Å². The second-order valence-electron chi connectivity index (χ2n) is 7.69. The Labute approximate surface area is 198 Å². The average molecular weight is 491 g/mol. The number of nitrogens with zero attached hydrogens (tertiary/aromatic N) is 3. The fraction of sp³-hybridized carbons (Fsp3) is 0.650. The molecule has 0 radical (unpaired) electrons. The summed E-state index contributed by atoms with van der Waals surface area (Å²) in [6, 6.07) is 1.01. The number of methoxy groups -OCH3 is 1. The number of esters is 1. The average Bonchev–Trinajstić information content (AvgIpc) is 2.76. The first-order valence-corrected chi connectivity index (χ1v) is 11.0. The number of thiol groups is 1. The molecule has 0 aliphatic carbocycles. The first kappa shape index (κ1) is 28.4. The van der Waals surface area contributed by atoms with Gasteiger partial charge in [-0.1, -0.05) is 0 Å². The minimum Gasteiger partial charge on any atom is -0.492 e. The van der Waals surface area contributed by atoms with Gasteiger partial charge in [0.1, 0.15) is 18.8 Å². The summed E-state index contributed by atoms with van der Waals surface area (Å²) in [6.07, 6.45) is 0.791. The molecule has 0 saturated carbocycles. The van der Waals surface area contributed by atoms with Gasteiger partial charge in [-0.3, -0.25) is 25.0 Å². The van der Waals surface area contributed by atoms with Crippen LogP contribution in [-0.4, -0.2) is 80.2 Å². The lowest BCUT2D eigenvalue weighted by Crippen LogP contribution is -2.40. The number of nitro groups is 2. The van der Waals surface area contributed by atoms with E-state index in [2.05, 4.69) is 33.6 Å². The van der Waals surface area contributed by atoms with Crippen molar-refractivity contribution in [3.05, 3.63) is 31.9 Å². The van der Waals surface area contributed by atoms with E-state index in [9.17, 15) is 25.0 Å². The van der Waals surface area contributed by atoms with Gasteiger partial charge in [-0.15, -0.1) is 0 Å². The standard InChI is InChI=1S/C20H31N3O9S/c1-5-23(2,3)8-6-9-30-10-11-31-20-17(29-4)13-16(21(25)26)15(19(20)22(27)28)14-32-18(24)7-12-33/h13H,5-12,14H2,1-4H3/p+1. The van der Waals surface area contributed by atoms with Gasteiger partial charge in [0.25, 0.3) is 5.69 Å². The van der Waals surface area contributed by atoms with Crippen LogP contribution in [0.1, 0.15) is 25.3 Å². The van der Waals surface area contributed by atoms with Gasteiger partial charge in [-0.2, -0.15) is 12.6 Å². The second-order valence-corrected chi connectivity index (χ2v) is 8.14. The number of carbonyl (C=O) groups excluding carboxylic acids is 1. The number of hydrogen-bond donors (Lipinski definition) is 1. The largest absolute Gasteiger partial charge is 0.492 e. The van der Waals surface area contributed by atoms with Crippen molar-refractivity contribution in [2.75, 3.05) is 59.9 Å². The van der Waals surface area contributed by atoms with Crippen LogP contribution in [0.2, 0.25) is 0 Å². The van der Waals surface area contributed by atoms with Crippen LogP contribution < -0.4 is 9.47 Å². The molecule has 0 amide bonds. The maximum Gasteiger partial charge on any atom is 0.328 e. The lowest BCUT2D eigenvalue weighted by atomic mass is 10.1. The highest BCUT2D eigenvalue weighted by Crippen LogP contribution is 2.45. The number of carbonyl (C=O) groups is 1. The highest BCUT2D eigenvalue weighted by Gasteiger charge is 2.35. The molecule has 0 spiro atoms. The molecule has 0 aromatic heterocycles. The van der Waals surface area contributed by atoms with E-state index in [1.54, 1.807) is 0 Å². The molecule has 1 aromatic carbocycles. The zero-order chi connectivity index (χ0) is 25.0. The summed E-state index contributed by atoms with van der Waals surface area (Å²) in [5.74, 6) is -0.957. The smallest absolute Gasteiger partial charge is 0.328 e. The molecule has 0 bridgehead atoms. The van der Waals surface area contributed by atoms with Gasteiger partial charge in [0, 0.05) is 12.2 Å². The molecule has 12 nitrogen and oxygen atoms in total. The first-order valence-electron chi connectivity index (χ1n) is 10.4. The molecule has 0 fully saturated rings. The van der Waals surface area contributed by atoms with Crippen molar-refractivity contribution >= 4 is 30.0 Å². The Morgan fingerprint density at radius 2 is 1.85 bits per heavy atom. The lowest BCUT2D eigenvalue weighted by molar-refractivity contribution is -0.888. The van der Waals surface area contributed by atoms with Crippen LogP contribution in [0, 0.1) is 20.2 Å². The van der Waals surface area contributed by atoms with Crippen molar-refractivity contribution in [1.29, 1.82) is 0 Å². The van der Waals surface area contributed by atoms with E-state index in [4.69, 9.17) is 18.9 Å². The highest BCUT2D eigenvalue weighted by atomic mass is 32.1. The molecule has 33 heavy (non-hydrogen) atoms. The van der Waals surface area contributed by atoms with Crippen LogP contribution in [-0.2, 0) is 20.9 Å². The highest BCUT2D eigenvalue weighted by molar-refractivity contribution is 7.80. The van der Waals surface area contributed by atoms with Gasteiger partial charge in [0.15, 0.2) is 5.75 Å². The molecule has 0 N–H and O–H groups in total. The summed E-state index contributed by atoms with van der Waals surface area (Å²) >= 11 is 3.91. The third-order valence-electron chi connectivity index (χ3n) is 4.98. The van der Waals surface area contributed by atoms with Gasteiger partial charge in [0.05, 0.1) is 69.8 Å². The van der Waals surface area contributed by atoms with Gasteiger partial charge >= 0.3 is 11.7 Å². The summed E-state index contributed by atoms with van der Waals surface area (Å²) < 4.78 is 22.0. The zero-order valence-corrected chi connectivity index (χ0v) is 20.3. The molecule has 0 aliphatic rings. The van der Waals surface area contributed by atoms with Crippen molar-refractivity contribution in [3.63, 3.8) is 0 Å². The van der Waals surface area contributed by atoms with Crippen molar-refractivity contribution in [2.45, 2.75) is 26.4 Å². The van der Waals surface area contributed by atoms with Crippen molar-refractivity contribution in [2.24, 2.45) is 0 Å². The quantitative estimate of drug-likeness (QED) is 0.0924. The van der Waals surface area contributed by atoms with E-state index in [0.29, 0.717) is 6.61 Å². The molecule has 0 aliphatic heterocycles. The molecule has 1 rings (SSSR count). The van der Waals surface area contributed by atoms with E-state index >= 15 is 0 Å². The summed E-state index contributed by atoms with van der Waals surface area (Å²) in [4.78, 5) is 33.4. The van der Waals surface area contributed by atoms with E-state index in [-0.39, 0.29) is 36.9 Å². The number of quaternary nitrogens is 1. The second kappa shape index (κ2) is 13.8. The molecule has 13 heteroatoms. The third kappa shape index (κ3) is 9.02. The normalized spacial score (nSPS) is 11.2. The van der Waals surface area contributed by atoms with Crippen LogP contribution in [0.15, 0.2) is 6.07 Å². The molecule has 0 saturated heterocycles. The van der Waals surface area contributed by atoms with Crippen molar-refractivity contribution in [1.82, 2.24) is 0 Å². The monoisotopic (exact) mass is 490 g/mol. The Morgan fingerprint density at radius 1 is 1.15 bits per heavy atom. The van der Waals surface area contributed by atoms with Crippen molar-refractivity contribution in [3.8, 4) is 11.5 Å². The Balaban J connectivity index is 3.01. The number of hydrogen-bond acceptors (Lipinski definition) is 10. The number of ether oxygens (including phenoxy) is 4. The molecular weight excluding hydrogens is 458 g/mol. The van der Waals surface area contributed by atoms with Crippen LogP contribution in [0.4, 0.5) is 11.4 Å². The minimum atomic E-state index is -0.821. The van der Waals surface area contributed by atoms with Crippen LogP contribution in [0.25, 0.3) is 0 Å². The lowest BCUT2D eigenvalue weighted by Gasteiger charge is -2.27. The summed E-state index contributed by atoms with van der Waals surface area (Å²) in [5.41, 5.74) is -1.70. The van der Waals surface area contributed by atoms with E-state index in [1.165, 1.54) is 7.11 Å². The topological polar surface area (TPSA) is 140 Å². The van der Waals surface area contributed by atoms with E-state index in [0.717, 1.165) is 30.1 Å². The van der Waals surface area contributed by atoms with Crippen LogP contribution in [0.3, 0.4) is 0 Å². The third-order valence-corrected chi connectivity index (χ3v) is 5.20. The molecule has 1 aromatic rings. The first-order chi connectivity index (χ1) is 15.6. The minimum absolute atomic E-state index is 0.0417. The number of rotatable bonds is 16. The Morgan fingerprint density at radius 3 is 2.39 bits per heavy atom. The molecule has 0 heterocycles. The predicted molar refractivity (Wildman–Crippen MR) is 123 cm³/mol. The Kier molecular flexibility index (Phi) is 11.9. The maximum atomic E-state index is 11.8. The van der Waals surface area contributed by atoms with Gasteiger partial charge in [-0.05, 0) is 6.92 Å². The maximum absolute atomic E-state index is 11.8. The zero-order valence-electron chi connectivity index (χ0n) is 19.4. The van der Waals surface area contributed by atoms with Crippen molar-refractivity contribution < 1.29 is 38.1 Å². The Bertz CT molecular complexity index is 833. The van der Waals surface area contributed by atoms with Crippen LogP contribution in [0.5, 0.6) is 11.5 Å². The molecule has 0 atom stereocenters. The van der Waals surface area contributed by atoms with Crippen LogP contribution >= 0.6 is 12.6 Å². The molecule has 186 valence electrons. The summed E-state index contributed by atoms with van der Waals surface area (Å²) in [7, 11) is 5.46. The molecule has 0 unspecified atom stereocenters. The fourth-order valence-corrected chi connectivity index (χ4v) is 3.00. The summed E-state index contributed by atoms with van der Waals surface area (Å²) in [6.45, 7) is 3.99. The SMILES string of the molecule is CC[N+](C)(C)CCCOCCOc1c(OC)cc([N+](=O)[O-])c(COC(=O)CCS)c1[N+](=O)[O-]. The fourth-order valence-electron chi connectivity index (χ4n) is 2.81. The van der Waals surface area contributed by atoms with Gasteiger partial charge in [-0.25, -0.2) is 0 Å². The predicted octanol–water partition coefficient (Wildman–Crippen LogP) is 2.76. The summed E-state index contributed by atoms with van der Waals surface area (Å²) in [5, 5.41) is 23.3. The molecular formula is C20H32N3O9S+. The van der Waals surface area contributed by atoms with Gasteiger partial charge in [0.2, 0.25) is 5.75 Å². The number of nitro benzene ring substituents is 2. The van der Waals surface area contributed by atoms with Gasteiger partial charge < -0.3 is 23.4 Å². The Hall–Kier alpha value is -2.64.